The van der Waals surface area contributed by atoms with Crippen molar-refractivity contribution in [2.45, 2.75) is 59.4 Å². The number of rotatable bonds is 5. The number of carbonyl (C=O) groups excluding carboxylic acids is 2. The lowest BCUT2D eigenvalue weighted by Crippen LogP contribution is -2.47. The molecule has 2 rings (SSSR count). The van der Waals surface area contributed by atoms with E-state index in [0.29, 0.717) is 13.1 Å². The molecular formula is C21H32N2O2. The molecule has 4 heteroatoms. The summed E-state index contributed by atoms with van der Waals surface area (Å²) < 4.78 is 0. The fourth-order valence-corrected chi connectivity index (χ4v) is 3.28. The summed E-state index contributed by atoms with van der Waals surface area (Å²) in [7, 11) is 0. The van der Waals surface area contributed by atoms with Crippen LogP contribution in [0.2, 0.25) is 0 Å². The zero-order valence-corrected chi connectivity index (χ0v) is 16.0. The van der Waals surface area contributed by atoms with Crippen LogP contribution in [-0.2, 0) is 16.0 Å². The number of nitrogens with zero attached hydrogens (tertiary/aromatic N) is 1. The summed E-state index contributed by atoms with van der Waals surface area (Å²) in [6.45, 7) is 9.28. The maximum absolute atomic E-state index is 12.5. The Hall–Kier alpha value is -1.84. The van der Waals surface area contributed by atoms with E-state index in [9.17, 15) is 9.59 Å². The van der Waals surface area contributed by atoms with Crippen molar-refractivity contribution < 1.29 is 9.59 Å². The van der Waals surface area contributed by atoms with Crippen LogP contribution in [0.4, 0.5) is 0 Å². The zero-order valence-electron chi connectivity index (χ0n) is 16.0. The summed E-state index contributed by atoms with van der Waals surface area (Å²) in [5.41, 5.74) is 0.957. The Kier molecular flexibility index (Phi) is 6.63. The molecule has 138 valence electrons. The largest absolute Gasteiger partial charge is 0.353 e. The lowest BCUT2D eigenvalue weighted by molar-refractivity contribution is -0.142. The van der Waals surface area contributed by atoms with Crippen LogP contribution in [0.25, 0.3) is 0 Å². The zero-order chi connectivity index (χ0) is 18.4. The van der Waals surface area contributed by atoms with Gasteiger partial charge in [0.1, 0.15) is 0 Å². The molecule has 2 amide bonds. The number of nitrogens with one attached hydrogen (secondary N) is 1. The first-order valence-electron chi connectivity index (χ1n) is 9.41. The molecule has 0 radical (unpaired) electrons. The number of amides is 2. The average molecular weight is 344 g/mol. The van der Waals surface area contributed by atoms with Gasteiger partial charge < -0.3 is 10.2 Å². The number of hydrogen-bond donors (Lipinski definition) is 1. The average Bonchev–Trinajstić information content (AvgIpc) is 2.59. The van der Waals surface area contributed by atoms with Gasteiger partial charge in [-0.15, -0.1) is 0 Å². The van der Waals surface area contributed by atoms with Gasteiger partial charge in [-0.25, -0.2) is 0 Å². The van der Waals surface area contributed by atoms with E-state index in [0.717, 1.165) is 25.7 Å². The van der Waals surface area contributed by atoms with Crippen molar-refractivity contribution >= 4 is 11.8 Å². The number of likely N-dealkylation sites (tertiary alicyclic amines) is 1. The number of piperidine rings is 1. The molecule has 1 heterocycles. The SMILES string of the molecule is C[C@@H](CCc1ccccc1)NC(=O)C1CCN(C(=O)C(C)(C)C)CC1. The van der Waals surface area contributed by atoms with Gasteiger partial charge >= 0.3 is 0 Å². The van der Waals surface area contributed by atoms with E-state index in [1.54, 1.807) is 0 Å². The van der Waals surface area contributed by atoms with E-state index in [4.69, 9.17) is 0 Å². The first-order valence-corrected chi connectivity index (χ1v) is 9.41. The molecule has 4 nitrogen and oxygen atoms in total. The molecule has 0 aromatic heterocycles. The van der Waals surface area contributed by atoms with Crippen molar-refractivity contribution in [2.75, 3.05) is 13.1 Å². The van der Waals surface area contributed by atoms with Crippen LogP contribution in [0.1, 0.15) is 52.5 Å². The minimum Gasteiger partial charge on any atom is -0.353 e. The molecule has 0 bridgehead atoms. The Balaban J connectivity index is 1.74. The second-order valence-corrected chi connectivity index (χ2v) is 8.25. The molecule has 0 unspecified atom stereocenters. The topological polar surface area (TPSA) is 49.4 Å². The van der Waals surface area contributed by atoms with Crippen molar-refractivity contribution in [3.05, 3.63) is 35.9 Å². The molecule has 25 heavy (non-hydrogen) atoms. The van der Waals surface area contributed by atoms with Gasteiger partial charge in [0.05, 0.1) is 0 Å². The maximum atomic E-state index is 12.5. The van der Waals surface area contributed by atoms with Gasteiger partial charge in [-0.1, -0.05) is 51.1 Å². The number of benzene rings is 1. The third-order valence-electron chi connectivity index (χ3n) is 4.89. The van der Waals surface area contributed by atoms with Crippen molar-refractivity contribution in [1.29, 1.82) is 0 Å². The van der Waals surface area contributed by atoms with Crippen molar-refractivity contribution in [2.24, 2.45) is 11.3 Å². The minimum atomic E-state index is -0.346. The van der Waals surface area contributed by atoms with Crippen molar-refractivity contribution in [3.63, 3.8) is 0 Å². The Labute approximate surface area is 152 Å². The fraction of sp³-hybridized carbons (Fsp3) is 0.619. The fourth-order valence-electron chi connectivity index (χ4n) is 3.28. The number of carbonyl (C=O) groups is 2. The van der Waals surface area contributed by atoms with Gasteiger partial charge in [0.15, 0.2) is 0 Å². The third kappa shape index (κ3) is 5.87. The summed E-state index contributed by atoms with van der Waals surface area (Å²) in [6.07, 6.45) is 3.44. The second kappa shape index (κ2) is 8.50. The Morgan fingerprint density at radius 2 is 1.76 bits per heavy atom. The summed E-state index contributed by atoms with van der Waals surface area (Å²) in [5, 5.41) is 3.15. The van der Waals surface area contributed by atoms with Crippen LogP contribution in [0.15, 0.2) is 30.3 Å². The van der Waals surface area contributed by atoms with E-state index in [2.05, 4.69) is 24.4 Å². The van der Waals surface area contributed by atoms with Crippen LogP contribution >= 0.6 is 0 Å². The smallest absolute Gasteiger partial charge is 0.227 e. The van der Waals surface area contributed by atoms with Crippen LogP contribution in [0.3, 0.4) is 0 Å². The van der Waals surface area contributed by atoms with E-state index < -0.39 is 0 Å². The lowest BCUT2D eigenvalue weighted by Gasteiger charge is -2.35. The predicted molar refractivity (Wildman–Crippen MR) is 101 cm³/mol. The summed E-state index contributed by atoms with van der Waals surface area (Å²) in [5.74, 6) is 0.356. The highest BCUT2D eigenvalue weighted by Crippen LogP contribution is 2.23. The molecule has 1 aliphatic heterocycles. The predicted octanol–water partition coefficient (Wildman–Crippen LogP) is 3.41. The van der Waals surface area contributed by atoms with Gasteiger partial charge in [-0.3, -0.25) is 9.59 Å². The third-order valence-corrected chi connectivity index (χ3v) is 4.89. The minimum absolute atomic E-state index is 0.0307. The van der Waals surface area contributed by atoms with Crippen LogP contribution in [0.5, 0.6) is 0 Å². The number of hydrogen-bond acceptors (Lipinski definition) is 2. The number of aryl methyl sites for hydroxylation is 1. The van der Waals surface area contributed by atoms with E-state index in [1.807, 2.05) is 43.9 Å². The standard InChI is InChI=1S/C21H32N2O2/c1-16(10-11-17-8-6-5-7-9-17)22-19(24)18-12-14-23(15-13-18)20(25)21(2,3)4/h5-9,16,18H,10-15H2,1-4H3,(H,22,24)/t16-/m0/s1. The lowest BCUT2D eigenvalue weighted by atomic mass is 9.90. The first-order chi connectivity index (χ1) is 11.8. The van der Waals surface area contributed by atoms with Gasteiger partial charge in [-0.05, 0) is 38.2 Å². The van der Waals surface area contributed by atoms with Crippen molar-refractivity contribution in [3.8, 4) is 0 Å². The Bertz CT molecular complexity index is 569. The van der Waals surface area contributed by atoms with Crippen LogP contribution < -0.4 is 5.32 Å². The molecule has 0 aliphatic carbocycles. The Morgan fingerprint density at radius 1 is 1.16 bits per heavy atom. The highest BCUT2D eigenvalue weighted by atomic mass is 16.2. The molecule has 0 spiro atoms. The monoisotopic (exact) mass is 344 g/mol. The van der Waals surface area contributed by atoms with Crippen LogP contribution in [0, 0.1) is 11.3 Å². The van der Waals surface area contributed by atoms with Gasteiger partial charge in [0.2, 0.25) is 11.8 Å². The molecule has 1 saturated heterocycles. The molecule has 0 saturated carbocycles. The summed E-state index contributed by atoms with van der Waals surface area (Å²) in [6, 6.07) is 10.5. The molecule has 1 aromatic rings. The van der Waals surface area contributed by atoms with Gasteiger partial charge in [0.25, 0.3) is 0 Å². The molecule has 1 atom stereocenters. The van der Waals surface area contributed by atoms with Crippen LogP contribution in [-0.4, -0.2) is 35.8 Å². The highest BCUT2D eigenvalue weighted by molar-refractivity contribution is 5.82. The maximum Gasteiger partial charge on any atom is 0.227 e. The molecular weight excluding hydrogens is 312 g/mol. The van der Waals surface area contributed by atoms with Crippen molar-refractivity contribution in [1.82, 2.24) is 10.2 Å². The Morgan fingerprint density at radius 3 is 2.32 bits per heavy atom. The summed E-state index contributed by atoms with van der Waals surface area (Å²) >= 11 is 0. The molecule has 1 fully saturated rings. The van der Waals surface area contributed by atoms with Gasteiger partial charge in [-0.2, -0.15) is 0 Å². The molecule has 1 aliphatic rings. The van der Waals surface area contributed by atoms with Gasteiger partial charge in [0, 0.05) is 30.5 Å². The molecule has 1 N–H and O–H groups in total. The quantitative estimate of drug-likeness (QED) is 0.890. The summed E-state index contributed by atoms with van der Waals surface area (Å²) in [4.78, 5) is 26.7. The molecule has 1 aromatic carbocycles. The normalized spacial score (nSPS) is 17.2. The van der Waals surface area contributed by atoms with E-state index in [-0.39, 0.29) is 29.2 Å². The highest BCUT2D eigenvalue weighted by Gasteiger charge is 2.32. The second-order valence-electron chi connectivity index (χ2n) is 8.25. The van der Waals surface area contributed by atoms with E-state index >= 15 is 0 Å². The van der Waals surface area contributed by atoms with E-state index in [1.165, 1.54) is 5.56 Å². The first kappa shape index (κ1) is 19.5.